The van der Waals surface area contributed by atoms with Crippen molar-refractivity contribution in [2.75, 3.05) is 0 Å². The number of aldehydes is 1. The number of nitrogens with zero attached hydrogens (tertiary/aromatic N) is 1. The van der Waals surface area contributed by atoms with Crippen molar-refractivity contribution >= 4 is 17.8 Å². The lowest BCUT2D eigenvalue weighted by Gasteiger charge is -2.20. The molecule has 0 N–H and O–H groups in total. The Balaban J connectivity index is 1.54. The molecule has 0 bridgehead atoms. The molecular weight excluding hydrogens is 410 g/mol. The first-order chi connectivity index (χ1) is 16.0. The van der Waals surface area contributed by atoms with Crippen LogP contribution in [0, 0.1) is 6.92 Å². The van der Waals surface area contributed by atoms with E-state index in [-0.39, 0.29) is 5.91 Å². The highest BCUT2D eigenvalue weighted by atomic mass is 16.5. The Hall–Kier alpha value is -3.66. The van der Waals surface area contributed by atoms with Crippen LogP contribution in [0.4, 0.5) is 0 Å². The molecular formula is C29H29NO3. The van der Waals surface area contributed by atoms with Crippen LogP contribution in [0.25, 0.3) is 5.57 Å². The van der Waals surface area contributed by atoms with Gasteiger partial charge in [0.25, 0.3) is 5.91 Å². The predicted molar refractivity (Wildman–Crippen MR) is 131 cm³/mol. The molecule has 0 atom stereocenters. The molecule has 0 saturated carbocycles. The average molecular weight is 440 g/mol. The molecule has 1 aliphatic heterocycles. The van der Waals surface area contributed by atoms with Crippen LogP contribution in [0.15, 0.2) is 67.2 Å². The van der Waals surface area contributed by atoms with Crippen molar-refractivity contribution in [3.8, 4) is 5.75 Å². The van der Waals surface area contributed by atoms with Crippen molar-refractivity contribution in [1.29, 1.82) is 0 Å². The summed E-state index contributed by atoms with van der Waals surface area (Å²) in [5.41, 5.74) is 7.82. The van der Waals surface area contributed by atoms with Crippen LogP contribution in [0.5, 0.6) is 5.75 Å². The van der Waals surface area contributed by atoms with Gasteiger partial charge < -0.3 is 14.4 Å². The molecule has 0 spiro atoms. The fourth-order valence-corrected chi connectivity index (χ4v) is 4.24. The Kier molecular flexibility index (Phi) is 6.74. The molecule has 4 rings (SSSR count). The summed E-state index contributed by atoms with van der Waals surface area (Å²) in [5, 5.41) is 0. The highest BCUT2D eigenvalue weighted by Crippen LogP contribution is 2.32. The highest BCUT2D eigenvalue weighted by Gasteiger charge is 2.26. The first-order valence-corrected chi connectivity index (χ1v) is 11.3. The second-order valence-corrected chi connectivity index (χ2v) is 8.69. The molecule has 1 amide bonds. The number of allylic oxidation sites excluding steroid dienone is 1. The molecule has 33 heavy (non-hydrogen) atoms. The number of ether oxygens (including phenoxy) is 1. The van der Waals surface area contributed by atoms with E-state index in [1.54, 1.807) is 0 Å². The van der Waals surface area contributed by atoms with E-state index in [1.165, 1.54) is 5.56 Å². The van der Waals surface area contributed by atoms with Crippen LogP contribution in [0.2, 0.25) is 0 Å². The van der Waals surface area contributed by atoms with Gasteiger partial charge in [0, 0.05) is 30.6 Å². The van der Waals surface area contributed by atoms with Crippen LogP contribution in [-0.2, 0) is 30.9 Å². The van der Waals surface area contributed by atoms with Crippen LogP contribution in [-0.4, -0.2) is 17.1 Å². The van der Waals surface area contributed by atoms with E-state index in [2.05, 4.69) is 24.8 Å². The predicted octanol–water partition coefficient (Wildman–Crippen LogP) is 5.89. The number of aryl methyl sites for hydroxylation is 2. The fourth-order valence-electron chi connectivity index (χ4n) is 4.24. The minimum atomic E-state index is 0.00949. The summed E-state index contributed by atoms with van der Waals surface area (Å²) in [6.07, 6.45) is 2.19. The number of carbonyl (C=O) groups is 2. The molecule has 1 aliphatic rings. The summed E-state index contributed by atoms with van der Waals surface area (Å²) in [6.45, 7) is 9.62. The summed E-state index contributed by atoms with van der Waals surface area (Å²) >= 11 is 0. The maximum atomic E-state index is 13.5. The van der Waals surface area contributed by atoms with E-state index in [9.17, 15) is 9.59 Å². The standard InChI is InChI=1S/C29H29NO3/c1-20(2)26-16-27(21(3)14-28(26)33-19-23-8-5-4-6-9-23)29(32)30-17-24-12-11-22(10-7-13-31)15-25(24)18-30/h4-6,8-9,11-16H,1,7,10,17-19H2,2-3H3. The Morgan fingerprint density at radius 2 is 1.76 bits per heavy atom. The van der Waals surface area contributed by atoms with Gasteiger partial charge in [-0.3, -0.25) is 4.79 Å². The minimum absolute atomic E-state index is 0.00949. The van der Waals surface area contributed by atoms with Crippen molar-refractivity contribution in [3.05, 3.63) is 106 Å². The Labute approximate surface area is 195 Å². The van der Waals surface area contributed by atoms with Crippen molar-refractivity contribution < 1.29 is 14.3 Å². The van der Waals surface area contributed by atoms with Gasteiger partial charge in [-0.15, -0.1) is 0 Å². The topological polar surface area (TPSA) is 46.6 Å². The molecule has 1 heterocycles. The number of fused-ring (bicyclic) bond motifs is 1. The molecule has 4 nitrogen and oxygen atoms in total. The van der Waals surface area contributed by atoms with Crippen molar-refractivity contribution in [1.82, 2.24) is 4.90 Å². The molecule has 0 aromatic heterocycles. The van der Waals surface area contributed by atoms with E-state index in [0.717, 1.165) is 51.8 Å². The van der Waals surface area contributed by atoms with Gasteiger partial charge in [-0.25, -0.2) is 0 Å². The zero-order valence-corrected chi connectivity index (χ0v) is 19.3. The summed E-state index contributed by atoms with van der Waals surface area (Å²) < 4.78 is 6.11. The normalized spacial score (nSPS) is 12.4. The molecule has 0 unspecified atom stereocenters. The Morgan fingerprint density at radius 3 is 2.48 bits per heavy atom. The monoisotopic (exact) mass is 439 g/mol. The largest absolute Gasteiger partial charge is 0.488 e. The smallest absolute Gasteiger partial charge is 0.254 e. The fraction of sp³-hybridized carbons (Fsp3) is 0.241. The zero-order chi connectivity index (χ0) is 23.4. The van der Waals surface area contributed by atoms with Gasteiger partial charge >= 0.3 is 0 Å². The van der Waals surface area contributed by atoms with Gasteiger partial charge in [-0.2, -0.15) is 0 Å². The van der Waals surface area contributed by atoms with Gasteiger partial charge in [0.15, 0.2) is 0 Å². The highest BCUT2D eigenvalue weighted by molar-refractivity contribution is 5.97. The number of rotatable bonds is 8. The number of amides is 1. The first-order valence-electron chi connectivity index (χ1n) is 11.3. The van der Waals surface area contributed by atoms with E-state index in [0.29, 0.717) is 31.7 Å². The summed E-state index contributed by atoms with van der Waals surface area (Å²) in [5.74, 6) is 0.750. The van der Waals surface area contributed by atoms with Crippen molar-refractivity contribution in [3.63, 3.8) is 0 Å². The SMILES string of the molecule is C=C(C)c1cc(C(=O)N2Cc3ccc(CCC=O)cc3C2)c(C)cc1OCc1ccccc1. The molecule has 0 radical (unpaired) electrons. The van der Waals surface area contributed by atoms with Gasteiger partial charge in [-0.05, 0) is 65.8 Å². The molecule has 0 saturated heterocycles. The molecule has 3 aromatic carbocycles. The van der Waals surface area contributed by atoms with Crippen LogP contribution < -0.4 is 4.74 Å². The second-order valence-electron chi connectivity index (χ2n) is 8.69. The van der Waals surface area contributed by atoms with E-state index < -0.39 is 0 Å². The van der Waals surface area contributed by atoms with Crippen LogP contribution in [0.1, 0.15) is 57.1 Å². The minimum Gasteiger partial charge on any atom is -0.488 e. The van der Waals surface area contributed by atoms with E-state index in [1.807, 2.05) is 61.2 Å². The number of hydrogen-bond acceptors (Lipinski definition) is 3. The van der Waals surface area contributed by atoms with Gasteiger partial charge in [-0.1, -0.05) is 55.1 Å². The Bertz CT molecular complexity index is 1200. The van der Waals surface area contributed by atoms with E-state index >= 15 is 0 Å². The lowest BCUT2D eigenvalue weighted by Crippen LogP contribution is -2.26. The molecule has 0 aliphatic carbocycles. The maximum Gasteiger partial charge on any atom is 0.254 e. The molecule has 3 aromatic rings. The van der Waals surface area contributed by atoms with Gasteiger partial charge in [0.05, 0.1) is 0 Å². The summed E-state index contributed by atoms with van der Waals surface area (Å²) in [6, 6.07) is 20.1. The summed E-state index contributed by atoms with van der Waals surface area (Å²) in [7, 11) is 0. The molecule has 0 fully saturated rings. The molecule has 4 heteroatoms. The Morgan fingerprint density at radius 1 is 1.00 bits per heavy atom. The van der Waals surface area contributed by atoms with E-state index in [4.69, 9.17) is 4.74 Å². The van der Waals surface area contributed by atoms with Crippen molar-refractivity contribution in [2.24, 2.45) is 0 Å². The summed E-state index contributed by atoms with van der Waals surface area (Å²) in [4.78, 5) is 26.0. The quantitative estimate of drug-likeness (QED) is 0.411. The third-order valence-electron chi connectivity index (χ3n) is 6.09. The number of carbonyl (C=O) groups excluding carboxylic acids is 2. The van der Waals surface area contributed by atoms with Crippen LogP contribution >= 0.6 is 0 Å². The third-order valence-corrected chi connectivity index (χ3v) is 6.09. The lowest BCUT2D eigenvalue weighted by molar-refractivity contribution is -0.107. The van der Waals surface area contributed by atoms with Gasteiger partial charge in [0.2, 0.25) is 0 Å². The van der Waals surface area contributed by atoms with Crippen LogP contribution in [0.3, 0.4) is 0 Å². The molecule has 168 valence electrons. The third kappa shape index (κ3) is 5.06. The van der Waals surface area contributed by atoms with Crippen molar-refractivity contribution in [2.45, 2.75) is 46.4 Å². The zero-order valence-electron chi connectivity index (χ0n) is 19.3. The lowest BCUT2D eigenvalue weighted by atomic mass is 9.99. The first kappa shape index (κ1) is 22.5. The number of hydrogen-bond donors (Lipinski definition) is 0. The number of benzene rings is 3. The second kappa shape index (κ2) is 9.86. The average Bonchev–Trinajstić information content (AvgIpc) is 3.25. The van der Waals surface area contributed by atoms with Gasteiger partial charge in [0.1, 0.15) is 18.6 Å². The maximum absolute atomic E-state index is 13.5.